The summed E-state index contributed by atoms with van der Waals surface area (Å²) in [5.41, 5.74) is 2.42. The van der Waals surface area contributed by atoms with Crippen molar-refractivity contribution in [3.8, 4) is 11.3 Å². The van der Waals surface area contributed by atoms with Crippen LogP contribution in [-0.2, 0) is 0 Å². The Morgan fingerprint density at radius 3 is 2.59 bits per heavy atom. The molecule has 0 amide bonds. The fourth-order valence-electron chi connectivity index (χ4n) is 2.55. The van der Waals surface area contributed by atoms with E-state index in [1.165, 1.54) is 23.5 Å². The van der Waals surface area contributed by atoms with E-state index in [1.807, 2.05) is 47.8 Å². The SMILES string of the molecule is Fc1ccc(N=c2scc(-c3ccc(Br)cc3)n2N=Cc2ccccn2)c(F)c1. The Bertz CT molecular complexity index is 1230. The van der Waals surface area contributed by atoms with Crippen molar-refractivity contribution in [2.75, 3.05) is 0 Å². The molecular formula is C21H13BrF2N4S. The number of rotatable bonds is 4. The smallest absolute Gasteiger partial charge is 0.211 e. The van der Waals surface area contributed by atoms with Gasteiger partial charge in [-0.05, 0) is 36.4 Å². The zero-order chi connectivity index (χ0) is 20.2. The number of thiazole rings is 1. The highest BCUT2D eigenvalue weighted by molar-refractivity contribution is 9.10. The Morgan fingerprint density at radius 2 is 1.86 bits per heavy atom. The Morgan fingerprint density at radius 1 is 1.03 bits per heavy atom. The summed E-state index contributed by atoms with van der Waals surface area (Å²) in [5.74, 6) is -1.38. The number of benzene rings is 2. The van der Waals surface area contributed by atoms with Gasteiger partial charge in [-0.2, -0.15) is 5.10 Å². The van der Waals surface area contributed by atoms with Crippen LogP contribution in [0.15, 0.2) is 86.8 Å². The average molecular weight is 471 g/mol. The molecule has 4 aromatic rings. The van der Waals surface area contributed by atoms with Crippen LogP contribution in [-0.4, -0.2) is 15.9 Å². The minimum Gasteiger partial charge on any atom is -0.255 e. The first-order valence-corrected chi connectivity index (χ1v) is 10.2. The Labute approximate surface area is 177 Å². The van der Waals surface area contributed by atoms with Crippen LogP contribution in [0.3, 0.4) is 0 Å². The van der Waals surface area contributed by atoms with E-state index < -0.39 is 11.6 Å². The predicted octanol–water partition coefficient (Wildman–Crippen LogP) is 5.77. The van der Waals surface area contributed by atoms with Crippen molar-refractivity contribution in [2.45, 2.75) is 0 Å². The molecule has 0 saturated carbocycles. The highest BCUT2D eigenvalue weighted by atomic mass is 79.9. The van der Waals surface area contributed by atoms with Crippen molar-refractivity contribution in [3.63, 3.8) is 0 Å². The Kier molecular flexibility index (Phi) is 5.73. The molecule has 0 N–H and O–H groups in total. The first kappa shape index (κ1) is 19.4. The molecule has 0 bridgehead atoms. The van der Waals surface area contributed by atoms with E-state index in [0.717, 1.165) is 21.8 Å². The minimum absolute atomic E-state index is 0.0393. The van der Waals surface area contributed by atoms with Gasteiger partial charge in [0.1, 0.15) is 11.5 Å². The van der Waals surface area contributed by atoms with Gasteiger partial charge in [0, 0.05) is 27.7 Å². The number of hydrogen-bond donors (Lipinski definition) is 0. The second-order valence-corrected chi connectivity index (χ2v) is 7.68. The van der Waals surface area contributed by atoms with Crippen molar-refractivity contribution in [3.05, 3.63) is 98.8 Å². The van der Waals surface area contributed by atoms with Crippen molar-refractivity contribution in [1.82, 2.24) is 9.66 Å². The van der Waals surface area contributed by atoms with E-state index in [9.17, 15) is 8.78 Å². The summed E-state index contributed by atoms with van der Waals surface area (Å²) in [7, 11) is 0. The van der Waals surface area contributed by atoms with Gasteiger partial charge >= 0.3 is 0 Å². The van der Waals surface area contributed by atoms with Crippen molar-refractivity contribution in [2.24, 2.45) is 10.1 Å². The second kappa shape index (κ2) is 8.59. The van der Waals surface area contributed by atoms with Crippen molar-refractivity contribution >= 4 is 39.2 Å². The molecule has 0 atom stereocenters. The molecule has 2 aromatic carbocycles. The zero-order valence-electron chi connectivity index (χ0n) is 14.8. The van der Waals surface area contributed by atoms with Gasteiger partial charge in [-0.25, -0.2) is 18.4 Å². The third-order valence-corrected chi connectivity index (χ3v) is 5.29. The number of nitrogens with zero attached hydrogens (tertiary/aromatic N) is 4. The van der Waals surface area contributed by atoms with E-state index in [-0.39, 0.29) is 5.69 Å². The molecule has 144 valence electrons. The summed E-state index contributed by atoms with van der Waals surface area (Å²) >= 11 is 4.74. The van der Waals surface area contributed by atoms with E-state index in [0.29, 0.717) is 10.5 Å². The van der Waals surface area contributed by atoms with Crippen LogP contribution in [0.2, 0.25) is 0 Å². The van der Waals surface area contributed by atoms with Crippen LogP contribution in [0.25, 0.3) is 11.3 Å². The molecule has 29 heavy (non-hydrogen) atoms. The zero-order valence-corrected chi connectivity index (χ0v) is 17.2. The third-order valence-electron chi connectivity index (χ3n) is 3.94. The molecule has 4 nitrogen and oxygen atoms in total. The summed E-state index contributed by atoms with van der Waals surface area (Å²) in [6, 6.07) is 16.5. The van der Waals surface area contributed by atoms with E-state index >= 15 is 0 Å². The lowest BCUT2D eigenvalue weighted by molar-refractivity contribution is 0.584. The quantitative estimate of drug-likeness (QED) is 0.349. The van der Waals surface area contributed by atoms with Gasteiger partial charge in [-0.15, -0.1) is 11.3 Å². The molecule has 0 aliphatic carbocycles. The van der Waals surface area contributed by atoms with E-state index in [2.05, 4.69) is 31.0 Å². The second-order valence-electron chi connectivity index (χ2n) is 5.93. The highest BCUT2D eigenvalue weighted by Gasteiger charge is 2.09. The first-order chi connectivity index (χ1) is 14.1. The maximum atomic E-state index is 14.1. The molecule has 0 unspecified atom stereocenters. The Balaban J connectivity index is 1.86. The predicted molar refractivity (Wildman–Crippen MR) is 114 cm³/mol. The maximum Gasteiger partial charge on any atom is 0.211 e. The Hall–Kier alpha value is -2.97. The molecule has 0 spiro atoms. The summed E-state index contributed by atoms with van der Waals surface area (Å²) < 4.78 is 29.9. The molecule has 2 heterocycles. The molecular weight excluding hydrogens is 458 g/mol. The molecule has 0 fully saturated rings. The first-order valence-electron chi connectivity index (χ1n) is 8.52. The van der Waals surface area contributed by atoms with E-state index in [1.54, 1.807) is 17.1 Å². The van der Waals surface area contributed by atoms with Crippen molar-refractivity contribution < 1.29 is 8.78 Å². The van der Waals surface area contributed by atoms with Gasteiger partial charge < -0.3 is 0 Å². The lowest BCUT2D eigenvalue weighted by Crippen LogP contribution is -2.12. The normalized spacial score (nSPS) is 12.0. The third kappa shape index (κ3) is 4.55. The van der Waals surface area contributed by atoms with Gasteiger partial charge in [-0.3, -0.25) is 4.98 Å². The number of hydrogen-bond acceptors (Lipinski definition) is 4. The van der Waals surface area contributed by atoms with Crippen LogP contribution in [0.5, 0.6) is 0 Å². The molecule has 8 heteroatoms. The van der Waals surface area contributed by atoms with Crippen LogP contribution in [0.4, 0.5) is 14.5 Å². The van der Waals surface area contributed by atoms with Gasteiger partial charge in [0.25, 0.3) is 0 Å². The monoisotopic (exact) mass is 470 g/mol. The standard InChI is InChI=1S/C21H13BrF2N4S/c22-15-6-4-14(5-7-15)20-13-29-21(27-19-9-8-16(23)11-18(19)24)28(20)26-12-17-3-1-2-10-25-17/h1-13H. The summed E-state index contributed by atoms with van der Waals surface area (Å²) in [6.07, 6.45) is 3.28. The van der Waals surface area contributed by atoms with Crippen LogP contribution in [0, 0.1) is 11.6 Å². The molecule has 0 aliphatic heterocycles. The number of halogens is 3. The maximum absolute atomic E-state index is 14.1. The summed E-state index contributed by atoms with van der Waals surface area (Å²) in [5, 5.41) is 6.40. The lowest BCUT2D eigenvalue weighted by Gasteiger charge is -2.04. The van der Waals surface area contributed by atoms with Gasteiger partial charge in [0.05, 0.1) is 17.6 Å². The highest BCUT2D eigenvalue weighted by Crippen LogP contribution is 2.24. The molecule has 2 aromatic heterocycles. The van der Waals surface area contributed by atoms with Gasteiger partial charge in [-0.1, -0.05) is 34.1 Å². The van der Waals surface area contributed by atoms with Crippen LogP contribution in [0.1, 0.15) is 5.69 Å². The molecule has 0 radical (unpaired) electrons. The number of pyridine rings is 1. The van der Waals surface area contributed by atoms with Crippen molar-refractivity contribution in [1.29, 1.82) is 0 Å². The average Bonchev–Trinajstić information content (AvgIpc) is 3.12. The summed E-state index contributed by atoms with van der Waals surface area (Å²) in [6.45, 7) is 0. The lowest BCUT2D eigenvalue weighted by atomic mass is 10.2. The fraction of sp³-hybridized carbons (Fsp3) is 0. The van der Waals surface area contributed by atoms with Crippen LogP contribution < -0.4 is 4.80 Å². The minimum atomic E-state index is -0.733. The van der Waals surface area contributed by atoms with Crippen LogP contribution >= 0.6 is 27.3 Å². The molecule has 0 aliphatic rings. The fourth-order valence-corrected chi connectivity index (χ4v) is 3.67. The summed E-state index contributed by atoms with van der Waals surface area (Å²) in [4.78, 5) is 9.03. The molecule has 4 rings (SSSR count). The largest absolute Gasteiger partial charge is 0.255 e. The van der Waals surface area contributed by atoms with E-state index in [4.69, 9.17) is 0 Å². The topological polar surface area (TPSA) is 42.5 Å². The van der Waals surface area contributed by atoms with Gasteiger partial charge in [0.2, 0.25) is 4.80 Å². The molecule has 0 saturated heterocycles. The number of aromatic nitrogens is 2. The van der Waals surface area contributed by atoms with Gasteiger partial charge in [0.15, 0.2) is 5.82 Å².